The van der Waals surface area contributed by atoms with Crippen molar-refractivity contribution in [2.75, 3.05) is 6.54 Å². The molecule has 0 aromatic heterocycles. The van der Waals surface area contributed by atoms with Gasteiger partial charge in [0, 0.05) is 12.1 Å². The highest BCUT2D eigenvalue weighted by Gasteiger charge is 2.36. The molecule has 0 aromatic carbocycles. The molecular weight excluding hydrogens is 230 g/mol. The van der Waals surface area contributed by atoms with Crippen molar-refractivity contribution in [1.29, 1.82) is 0 Å². The summed E-state index contributed by atoms with van der Waals surface area (Å²) in [5.41, 5.74) is 0. The first-order valence-corrected chi connectivity index (χ1v) is 7.26. The molecule has 4 atom stereocenters. The van der Waals surface area contributed by atoms with Gasteiger partial charge in [-0.2, -0.15) is 0 Å². The van der Waals surface area contributed by atoms with Crippen LogP contribution in [-0.4, -0.2) is 45.8 Å². The first-order valence-electron chi connectivity index (χ1n) is 7.26. The number of carbonyl (C=O) groups is 1. The fourth-order valence-corrected chi connectivity index (χ4v) is 3.56. The third-order valence-corrected chi connectivity index (χ3v) is 4.65. The first kappa shape index (κ1) is 13.8. The Kier molecular flexibility index (Phi) is 4.62. The molecule has 1 aliphatic heterocycles. The summed E-state index contributed by atoms with van der Waals surface area (Å²) in [4.78, 5) is 13.4. The molecule has 4 nitrogen and oxygen atoms in total. The summed E-state index contributed by atoms with van der Waals surface area (Å²) >= 11 is 0. The lowest BCUT2D eigenvalue weighted by Crippen LogP contribution is -2.52. The molecule has 1 saturated heterocycles. The number of hydrogen-bond donors (Lipinski definition) is 2. The van der Waals surface area contributed by atoms with E-state index < -0.39 is 5.97 Å². The zero-order valence-electron chi connectivity index (χ0n) is 11.2. The molecule has 1 aliphatic carbocycles. The van der Waals surface area contributed by atoms with Crippen LogP contribution in [0.25, 0.3) is 0 Å². The lowest BCUT2D eigenvalue weighted by Gasteiger charge is -2.43. The molecule has 0 spiro atoms. The van der Waals surface area contributed by atoms with Crippen LogP contribution in [0, 0.1) is 5.92 Å². The molecule has 1 saturated carbocycles. The standard InChI is InChI=1S/C14H25NO3/c1-10-9-11(14(17)18)7-8-15(10)12-5-3-2-4-6-13(12)16/h10-13,16H,2-9H2,1H3,(H,17,18). The molecular formula is C14H25NO3. The van der Waals surface area contributed by atoms with Gasteiger partial charge in [0.15, 0.2) is 0 Å². The zero-order valence-corrected chi connectivity index (χ0v) is 11.2. The van der Waals surface area contributed by atoms with Gasteiger partial charge in [0.1, 0.15) is 0 Å². The van der Waals surface area contributed by atoms with Gasteiger partial charge in [-0.15, -0.1) is 0 Å². The van der Waals surface area contributed by atoms with Gasteiger partial charge < -0.3 is 10.2 Å². The van der Waals surface area contributed by atoms with Gasteiger partial charge in [0.25, 0.3) is 0 Å². The highest BCUT2D eigenvalue weighted by molar-refractivity contribution is 5.70. The van der Waals surface area contributed by atoms with Crippen LogP contribution < -0.4 is 0 Å². The summed E-state index contributed by atoms with van der Waals surface area (Å²) in [6.07, 6.45) is 6.70. The summed E-state index contributed by atoms with van der Waals surface area (Å²) in [5.74, 6) is -0.859. The van der Waals surface area contributed by atoms with E-state index in [4.69, 9.17) is 5.11 Å². The van der Waals surface area contributed by atoms with Gasteiger partial charge >= 0.3 is 5.97 Å². The summed E-state index contributed by atoms with van der Waals surface area (Å²) < 4.78 is 0. The van der Waals surface area contributed by atoms with E-state index in [1.165, 1.54) is 12.8 Å². The van der Waals surface area contributed by atoms with E-state index >= 15 is 0 Å². The summed E-state index contributed by atoms with van der Waals surface area (Å²) in [7, 11) is 0. The molecule has 18 heavy (non-hydrogen) atoms. The van der Waals surface area contributed by atoms with Crippen LogP contribution in [0.3, 0.4) is 0 Å². The minimum Gasteiger partial charge on any atom is -0.481 e. The highest BCUT2D eigenvalue weighted by Crippen LogP contribution is 2.30. The van der Waals surface area contributed by atoms with Crippen LogP contribution in [-0.2, 0) is 4.79 Å². The maximum atomic E-state index is 11.0. The van der Waals surface area contributed by atoms with Crippen LogP contribution in [0.2, 0.25) is 0 Å². The molecule has 0 aromatic rings. The Morgan fingerprint density at radius 1 is 1.17 bits per heavy atom. The van der Waals surface area contributed by atoms with Gasteiger partial charge in [-0.3, -0.25) is 9.69 Å². The Labute approximate surface area is 109 Å². The number of aliphatic carboxylic acids is 1. The van der Waals surface area contributed by atoms with Crippen LogP contribution in [0.5, 0.6) is 0 Å². The fourth-order valence-electron chi connectivity index (χ4n) is 3.56. The van der Waals surface area contributed by atoms with E-state index in [9.17, 15) is 9.90 Å². The zero-order chi connectivity index (χ0) is 13.1. The third-order valence-electron chi connectivity index (χ3n) is 4.65. The lowest BCUT2D eigenvalue weighted by molar-refractivity contribution is -0.144. The lowest BCUT2D eigenvalue weighted by atomic mass is 9.89. The Morgan fingerprint density at radius 2 is 1.89 bits per heavy atom. The van der Waals surface area contributed by atoms with Crippen LogP contribution >= 0.6 is 0 Å². The van der Waals surface area contributed by atoms with Crippen molar-refractivity contribution in [2.24, 2.45) is 5.92 Å². The Hall–Kier alpha value is -0.610. The minimum absolute atomic E-state index is 0.195. The van der Waals surface area contributed by atoms with Gasteiger partial charge in [0.05, 0.1) is 12.0 Å². The topological polar surface area (TPSA) is 60.8 Å². The molecule has 2 aliphatic rings. The monoisotopic (exact) mass is 255 g/mol. The maximum Gasteiger partial charge on any atom is 0.306 e. The van der Waals surface area contributed by atoms with Crippen molar-refractivity contribution in [3.8, 4) is 0 Å². The van der Waals surface area contributed by atoms with Gasteiger partial charge in [0.2, 0.25) is 0 Å². The fraction of sp³-hybridized carbons (Fsp3) is 0.929. The van der Waals surface area contributed by atoms with Gasteiger partial charge in [-0.1, -0.05) is 19.3 Å². The Bertz CT molecular complexity index is 295. The molecule has 0 radical (unpaired) electrons. The largest absolute Gasteiger partial charge is 0.481 e. The van der Waals surface area contributed by atoms with Crippen molar-refractivity contribution in [3.05, 3.63) is 0 Å². The Morgan fingerprint density at radius 3 is 2.56 bits per heavy atom. The molecule has 0 bridgehead atoms. The Balaban J connectivity index is 1.98. The average molecular weight is 255 g/mol. The first-order chi connectivity index (χ1) is 8.59. The SMILES string of the molecule is CC1CC(C(=O)O)CCN1C1CCCCCC1O. The summed E-state index contributed by atoms with van der Waals surface area (Å²) in [6.45, 7) is 2.92. The van der Waals surface area contributed by atoms with E-state index in [-0.39, 0.29) is 24.1 Å². The molecule has 0 amide bonds. The van der Waals surface area contributed by atoms with Crippen molar-refractivity contribution in [1.82, 2.24) is 4.90 Å². The number of nitrogens with zero attached hydrogens (tertiary/aromatic N) is 1. The number of carboxylic acid groups (broad SMARTS) is 1. The second kappa shape index (κ2) is 6.02. The van der Waals surface area contributed by atoms with E-state index in [0.717, 1.165) is 38.6 Å². The molecule has 4 heteroatoms. The molecule has 2 fully saturated rings. The number of aliphatic hydroxyl groups excluding tert-OH is 1. The van der Waals surface area contributed by atoms with Crippen molar-refractivity contribution in [2.45, 2.75) is 70.1 Å². The van der Waals surface area contributed by atoms with E-state index in [0.29, 0.717) is 0 Å². The number of carboxylic acids is 1. The minimum atomic E-state index is -0.664. The number of piperidine rings is 1. The average Bonchev–Trinajstić information content (AvgIpc) is 2.54. The maximum absolute atomic E-state index is 11.0. The number of hydrogen-bond acceptors (Lipinski definition) is 3. The number of rotatable bonds is 2. The van der Waals surface area contributed by atoms with Crippen molar-refractivity contribution in [3.63, 3.8) is 0 Å². The number of likely N-dealkylation sites (tertiary alicyclic amines) is 1. The van der Waals surface area contributed by atoms with Crippen LogP contribution in [0.15, 0.2) is 0 Å². The van der Waals surface area contributed by atoms with E-state index in [1.807, 2.05) is 0 Å². The molecule has 1 heterocycles. The third kappa shape index (κ3) is 3.04. The van der Waals surface area contributed by atoms with Crippen LogP contribution in [0.1, 0.15) is 51.9 Å². The van der Waals surface area contributed by atoms with E-state index in [1.54, 1.807) is 0 Å². The molecule has 4 unspecified atom stereocenters. The predicted octanol–water partition coefficient (Wildman–Crippen LogP) is 1.87. The molecule has 2 rings (SSSR count). The molecule has 104 valence electrons. The summed E-state index contributed by atoms with van der Waals surface area (Å²) in [5, 5.41) is 19.3. The number of aliphatic hydroxyl groups is 1. The summed E-state index contributed by atoms with van der Waals surface area (Å²) in [6, 6.07) is 0.523. The normalized spacial score (nSPS) is 39.2. The smallest absolute Gasteiger partial charge is 0.306 e. The predicted molar refractivity (Wildman–Crippen MR) is 69.4 cm³/mol. The van der Waals surface area contributed by atoms with Crippen LogP contribution in [0.4, 0.5) is 0 Å². The molecule has 2 N–H and O–H groups in total. The van der Waals surface area contributed by atoms with E-state index in [2.05, 4.69) is 11.8 Å². The van der Waals surface area contributed by atoms with Gasteiger partial charge in [-0.05, 0) is 39.2 Å². The quantitative estimate of drug-likeness (QED) is 0.739. The second-order valence-corrected chi connectivity index (χ2v) is 5.92. The van der Waals surface area contributed by atoms with Crippen molar-refractivity contribution < 1.29 is 15.0 Å². The van der Waals surface area contributed by atoms with Gasteiger partial charge in [-0.25, -0.2) is 0 Å². The van der Waals surface area contributed by atoms with Crippen molar-refractivity contribution >= 4 is 5.97 Å². The second-order valence-electron chi connectivity index (χ2n) is 5.92. The highest BCUT2D eigenvalue weighted by atomic mass is 16.4.